The predicted molar refractivity (Wildman–Crippen MR) is 75.9 cm³/mol. The van der Waals surface area contributed by atoms with E-state index in [0.717, 1.165) is 29.9 Å². The molecule has 7 heteroatoms. The van der Waals surface area contributed by atoms with Crippen molar-refractivity contribution in [3.63, 3.8) is 0 Å². The van der Waals surface area contributed by atoms with Crippen molar-refractivity contribution in [3.05, 3.63) is 4.77 Å². The van der Waals surface area contributed by atoms with Crippen molar-refractivity contribution in [2.45, 2.75) is 18.6 Å². The summed E-state index contributed by atoms with van der Waals surface area (Å²) in [5.74, 6) is 1.92. The first kappa shape index (κ1) is 13.2. The number of hydrogen-bond acceptors (Lipinski definition) is 5. The van der Waals surface area contributed by atoms with E-state index >= 15 is 0 Å². The van der Waals surface area contributed by atoms with Crippen molar-refractivity contribution in [1.82, 2.24) is 14.5 Å². The SMILES string of the molecule is CCSc1nc2n(c(=S)n1)CCN2C.I. The fourth-order valence-corrected chi connectivity index (χ4v) is 2.30. The van der Waals surface area contributed by atoms with Gasteiger partial charge in [-0.25, -0.2) is 0 Å². The van der Waals surface area contributed by atoms with Crippen LogP contribution in [0.25, 0.3) is 0 Å². The van der Waals surface area contributed by atoms with Gasteiger partial charge in [0.05, 0.1) is 0 Å². The molecule has 0 amide bonds. The molecule has 0 radical (unpaired) electrons. The van der Waals surface area contributed by atoms with Crippen LogP contribution in [0.15, 0.2) is 5.16 Å². The van der Waals surface area contributed by atoms with Gasteiger partial charge < -0.3 is 4.90 Å². The maximum Gasteiger partial charge on any atom is 0.210 e. The molecule has 1 aliphatic rings. The fraction of sp³-hybridized carbons (Fsp3) is 0.625. The van der Waals surface area contributed by atoms with E-state index in [-0.39, 0.29) is 24.0 Å². The lowest BCUT2D eigenvalue weighted by atomic mass is 10.6. The Hall–Kier alpha value is 0.110. The lowest BCUT2D eigenvalue weighted by Crippen LogP contribution is -2.14. The molecule has 1 aromatic heterocycles. The average molecular weight is 356 g/mol. The van der Waals surface area contributed by atoms with Gasteiger partial charge in [-0.15, -0.1) is 24.0 Å². The minimum absolute atomic E-state index is 0. The highest BCUT2D eigenvalue weighted by atomic mass is 127. The van der Waals surface area contributed by atoms with Crippen LogP contribution in [0.4, 0.5) is 5.95 Å². The van der Waals surface area contributed by atoms with Crippen LogP contribution in [0.5, 0.6) is 0 Å². The zero-order valence-corrected chi connectivity index (χ0v) is 12.6. The van der Waals surface area contributed by atoms with Crippen LogP contribution in [0, 0.1) is 4.77 Å². The van der Waals surface area contributed by atoms with Crippen LogP contribution < -0.4 is 4.90 Å². The monoisotopic (exact) mass is 356 g/mol. The van der Waals surface area contributed by atoms with Crippen LogP contribution in [0.2, 0.25) is 0 Å². The summed E-state index contributed by atoms with van der Waals surface area (Å²) >= 11 is 6.83. The van der Waals surface area contributed by atoms with Crippen molar-refractivity contribution < 1.29 is 0 Å². The normalized spacial score (nSPS) is 13.6. The summed E-state index contributed by atoms with van der Waals surface area (Å²) in [6, 6.07) is 0. The minimum Gasteiger partial charge on any atom is -0.343 e. The highest BCUT2D eigenvalue weighted by Crippen LogP contribution is 2.20. The van der Waals surface area contributed by atoms with Crippen LogP contribution >= 0.6 is 48.0 Å². The number of nitrogens with zero attached hydrogens (tertiary/aromatic N) is 4. The van der Waals surface area contributed by atoms with Crippen molar-refractivity contribution in [2.75, 3.05) is 24.2 Å². The first-order valence-electron chi connectivity index (χ1n) is 4.55. The molecule has 2 heterocycles. The van der Waals surface area contributed by atoms with E-state index in [2.05, 4.69) is 21.8 Å². The lowest BCUT2D eigenvalue weighted by Gasteiger charge is -2.10. The Morgan fingerprint density at radius 3 is 2.80 bits per heavy atom. The van der Waals surface area contributed by atoms with Crippen molar-refractivity contribution in [2.24, 2.45) is 0 Å². The van der Waals surface area contributed by atoms with Crippen molar-refractivity contribution >= 4 is 53.9 Å². The van der Waals surface area contributed by atoms with Gasteiger partial charge in [-0.2, -0.15) is 9.97 Å². The third kappa shape index (κ3) is 2.62. The van der Waals surface area contributed by atoms with Gasteiger partial charge in [0.1, 0.15) is 0 Å². The average Bonchev–Trinajstić information content (AvgIpc) is 2.49. The Morgan fingerprint density at radius 1 is 1.40 bits per heavy atom. The Morgan fingerprint density at radius 2 is 2.13 bits per heavy atom. The van der Waals surface area contributed by atoms with E-state index in [1.807, 2.05) is 11.6 Å². The van der Waals surface area contributed by atoms with Gasteiger partial charge in [-0.05, 0) is 18.0 Å². The molecule has 0 fully saturated rings. The summed E-state index contributed by atoms with van der Waals surface area (Å²) in [6.45, 7) is 3.96. The van der Waals surface area contributed by atoms with E-state index < -0.39 is 0 Å². The van der Waals surface area contributed by atoms with Gasteiger partial charge in [-0.3, -0.25) is 4.57 Å². The number of likely N-dealkylation sites (N-methyl/N-ethyl adjacent to an activating group) is 1. The van der Waals surface area contributed by atoms with E-state index in [9.17, 15) is 0 Å². The topological polar surface area (TPSA) is 34.0 Å². The second kappa shape index (κ2) is 5.44. The number of rotatable bonds is 2. The maximum absolute atomic E-state index is 5.21. The Balaban J connectivity index is 0.00000112. The van der Waals surface area contributed by atoms with Gasteiger partial charge in [0.25, 0.3) is 0 Å². The Bertz CT molecular complexity index is 406. The van der Waals surface area contributed by atoms with Gasteiger partial charge >= 0.3 is 0 Å². The standard InChI is InChI=1S/C8H12N4S2.HI/c1-3-14-6-9-7-11(2)4-5-12(7)8(13)10-6;/h3-5H2,1-2H3;1H. The number of aromatic nitrogens is 3. The summed E-state index contributed by atoms with van der Waals surface area (Å²) in [5, 5.41) is 0.789. The highest BCUT2D eigenvalue weighted by molar-refractivity contribution is 14.0. The number of hydrogen-bond donors (Lipinski definition) is 0. The summed E-state index contributed by atoms with van der Waals surface area (Å²) in [5.41, 5.74) is 0. The third-order valence-corrected chi connectivity index (χ3v) is 3.17. The molecule has 0 bridgehead atoms. The molecule has 2 rings (SSSR count). The Labute approximate surface area is 116 Å². The molecule has 0 saturated heterocycles. The molecule has 0 aromatic carbocycles. The molecule has 1 aromatic rings. The molecule has 4 nitrogen and oxygen atoms in total. The Kier molecular flexibility index (Phi) is 4.78. The molecule has 0 spiro atoms. The molecule has 84 valence electrons. The summed E-state index contributed by atoms with van der Waals surface area (Å²) in [7, 11) is 2.03. The van der Waals surface area contributed by atoms with Gasteiger partial charge in [0.2, 0.25) is 10.7 Å². The van der Waals surface area contributed by atoms with Crippen LogP contribution in [-0.4, -0.2) is 33.9 Å². The second-order valence-electron chi connectivity index (χ2n) is 3.09. The zero-order valence-electron chi connectivity index (χ0n) is 8.63. The van der Waals surface area contributed by atoms with E-state index in [0.29, 0.717) is 4.77 Å². The predicted octanol–water partition coefficient (Wildman–Crippen LogP) is 2.19. The molecule has 0 saturated carbocycles. The molecule has 0 aliphatic carbocycles. The van der Waals surface area contributed by atoms with Gasteiger partial charge in [0, 0.05) is 20.1 Å². The molecular formula is C8H13IN4S2. The van der Waals surface area contributed by atoms with Crippen LogP contribution in [-0.2, 0) is 6.54 Å². The van der Waals surface area contributed by atoms with E-state index in [1.165, 1.54) is 0 Å². The first-order valence-corrected chi connectivity index (χ1v) is 5.94. The van der Waals surface area contributed by atoms with Gasteiger partial charge in [-0.1, -0.05) is 18.7 Å². The van der Waals surface area contributed by atoms with Crippen molar-refractivity contribution in [3.8, 4) is 0 Å². The second-order valence-corrected chi connectivity index (χ2v) is 4.69. The third-order valence-electron chi connectivity index (χ3n) is 2.13. The molecular weight excluding hydrogens is 343 g/mol. The summed E-state index contributed by atoms with van der Waals surface area (Å²) in [6.07, 6.45) is 0. The van der Waals surface area contributed by atoms with Crippen LogP contribution in [0.3, 0.4) is 0 Å². The van der Waals surface area contributed by atoms with Crippen LogP contribution in [0.1, 0.15) is 6.92 Å². The first-order chi connectivity index (χ1) is 6.72. The maximum atomic E-state index is 5.21. The van der Waals surface area contributed by atoms with E-state index in [4.69, 9.17) is 12.2 Å². The number of thioether (sulfide) groups is 1. The van der Waals surface area contributed by atoms with Crippen molar-refractivity contribution in [1.29, 1.82) is 0 Å². The lowest BCUT2D eigenvalue weighted by molar-refractivity contribution is 0.721. The molecule has 1 aliphatic heterocycles. The number of halogens is 1. The van der Waals surface area contributed by atoms with E-state index in [1.54, 1.807) is 11.8 Å². The quantitative estimate of drug-likeness (QED) is 0.461. The molecule has 0 atom stereocenters. The zero-order chi connectivity index (χ0) is 10.1. The fourth-order valence-electron chi connectivity index (χ4n) is 1.43. The summed E-state index contributed by atoms with van der Waals surface area (Å²) in [4.78, 5) is 10.8. The highest BCUT2D eigenvalue weighted by Gasteiger charge is 2.18. The largest absolute Gasteiger partial charge is 0.343 e. The van der Waals surface area contributed by atoms with Gasteiger partial charge in [0.15, 0.2) is 5.16 Å². The molecule has 0 unspecified atom stereocenters. The smallest absolute Gasteiger partial charge is 0.210 e. The minimum atomic E-state index is 0. The summed E-state index contributed by atoms with van der Waals surface area (Å²) < 4.78 is 2.63. The molecule has 0 N–H and O–H groups in total. The molecule has 15 heavy (non-hydrogen) atoms. The number of anilines is 1. The number of fused-ring (bicyclic) bond motifs is 1.